The van der Waals surface area contributed by atoms with Crippen molar-refractivity contribution in [3.8, 4) is 0 Å². The Balaban J connectivity index is 2.55. The molecule has 0 aliphatic carbocycles. The molecule has 1 aromatic carbocycles. The summed E-state index contributed by atoms with van der Waals surface area (Å²) in [5.41, 5.74) is 2.65. The molecule has 2 heteroatoms. The molecule has 1 nitrogen and oxygen atoms in total. The van der Waals surface area contributed by atoms with Crippen molar-refractivity contribution in [2.24, 2.45) is 0 Å². The average molecular weight is 238 g/mol. The summed E-state index contributed by atoms with van der Waals surface area (Å²) in [7, 11) is 0. The predicted molar refractivity (Wildman–Crippen MR) is 60.5 cm³/mol. The molecular weight excluding hydrogens is 226 g/mol. The van der Waals surface area contributed by atoms with Crippen LogP contribution in [0.5, 0.6) is 0 Å². The highest BCUT2D eigenvalue weighted by Crippen LogP contribution is 2.17. The largest absolute Gasteiger partial charge is 0.347 e. The molecule has 1 aromatic heterocycles. The van der Waals surface area contributed by atoms with Crippen molar-refractivity contribution < 1.29 is 0 Å². The zero-order chi connectivity index (χ0) is 9.26. The average Bonchev–Trinajstić information content (AvgIpc) is 2.49. The third-order valence-corrected chi connectivity index (χ3v) is 2.61. The van der Waals surface area contributed by atoms with E-state index in [0.29, 0.717) is 0 Å². The first-order valence-electron chi connectivity index (χ1n) is 4.43. The Labute approximate surface area is 86.5 Å². The van der Waals surface area contributed by atoms with Gasteiger partial charge >= 0.3 is 0 Å². The van der Waals surface area contributed by atoms with Crippen LogP contribution >= 0.6 is 15.9 Å². The highest BCUT2D eigenvalue weighted by molar-refractivity contribution is 9.09. The van der Waals surface area contributed by atoms with Crippen LogP contribution < -0.4 is 0 Å². The highest BCUT2D eigenvalue weighted by atomic mass is 79.9. The van der Waals surface area contributed by atoms with Crippen molar-refractivity contribution in [3.05, 3.63) is 36.0 Å². The van der Waals surface area contributed by atoms with Crippen LogP contribution in [0.4, 0.5) is 0 Å². The summed E-state index contributed by atoms with van der Waals surface area (Å²) in [5, 5.41) is 2.34. The molecule has 0 bridgehead atoms. The lowest BCUT2D eigenvalue weighted by atomic mass is 10.2. The fraction of sp³-hybridized carbons (Fsp3) is 0.273. The smallest absolute Gasteiger partial charge is 0.0480 e. The number of aryl methyl sites for hydroxylation is 2. The number of aromatic nitrogens is 1. The maximum atomic E-state index is 3.45. The van der Waals surface area contributed by atoms with E-state index in [4.69, 9.17) is 0 Å². The summed E-state index contributed by atoms with van der Waals surface area (Å²) >= 11 is 3.45. The lowest BCUT2D eigenvalue weighted by Gasteiger charge is -2.01. The summed E-state index contributed by atoms with van der Waals surface area (Å²) in [6.07, 6.45) is 2.14. The molecule has 2 aromatic rings. The molecule has 0 unspecified atom stereocenters. The van der Waals surface area contributed by atoms with Gasteiger partial charge in [0.25, 0.3) is 0 Å². The SMILES string of the molecule is Cc1ccc2c(ccn2CCBr)c1. The Morgan fingerprint density at radius 2 is 2.15 bits per heavy atom. The topological polar surface area (TPSA) is 4.93 Å². The van der Waals surface area contributed by atoms with Gasteiger partial charge in [0, 0.05) is 23.6 Å². The Morgan fingerprint density at radius 1 is 1.31 bits per heavy atom. The minimum absolute atomic E-state index is 1.00. The van der Waals surface area contributed by atoms with Gasteiger partial charge in [-0.3, -0.25) is 0 Å². The van der Waals surface area contributed by atoms with Gasteiger partial charge < -0.3 is 4.57 Å². The molecule has 13 heavy (non-hydrogen) atoms. The molecular formula is C11H12BrN. The maximum Gasteiger partial charge on any atom is 0.0480 e. The number of halogens is 1. The van der Waals surface area contributed by atoms with E-state index in [0.717, 1.165) is 11.9 Å². The van der Waals surface area contributed by atoms with Crippen LogP contribution in [-0.2, 0) is 6.54 Å². The van der Waals surface area contributed by atoms with E-state index in [1.165, 1.54) is 16.5 Å². The lowest BCUT2D eigenvalue weighted by Crippen LogP contribution is -1.95. The number of alkyl halides is 1. The number of benzene rings is 1. The van der Waals surface area contributed by atoms with Gasteiger partial charge in [-0.2, -0.15) is 0 Å². The molecule has 2 rings (SSSR count). The molecule has 0 atom stereocenters. The third kappa shape index (κ3) is 1.63. The quantitative estimate of drug-likeness (QED) is 0.707. The van der Waals surface area contributed by atoms with Crippen molar-refractivity contribution >= 4 is 26.8 Å². The molecule has 0 fully saturated rings. The number of fused-ring (bicyclic) bond motifs is 1. The summed E-state index contributed by atoms with van der Waals surface area (Å²) < 4.78 is 2.27. The van der Waals surface area contributed by atoms with E-state index < -0.39 is 0 Å². The van der Waals surface area contributed by atoms with Gasteiger partial charge in [0.2, 0.25) is 0 Å². The lowest BCUT2D eigenvalue weighted by molar-refractivity contribution is 0.812. The van der Waals surface area contributed by atoms with Crippen LogP contribution in [0.1, 0.15) is 5.56 Å². The zero-order valence-electron chi connectivity index (χ0n) is 7.63. The van der Waals surface area contributed by atoms with Crippen molar-refractivity contribution in [2.75, 3.05) is 5.33 Å². The maximum absolute atomic E-state index is 3.45. The monoisotopic (exact) mass is 237 g/mol. The van der Waals surface area contributed by atoms with Crippen LogP contribution in [-0.4, -0.2) is 9.90 Å². The van der Waals surface area contributed by atoms with E-state index in [1.807, 2.05) is 0 Å². The fourth-order valence-electron chi connectivity index (χ4n) is 1.61. The van der Waals surface area contributed by atoms with E-state index in [2.05, 4.69) is 57.9 Å². The highest BCUT2D eigenvalue weighted by Gasteiger charge is 1.99. The van der Waals surface area contributed by atoms with Crippen molar-refractivity contribution in [3.63, 3.8) is 0 Å². The second-order valence-electron chi connectivity index (χ2n) is 3.26. The van der Waals surface area contributed by atoms with Crippen LogP contribution in [0.25, 0.3) is 10.9 Å². The molecule has 1 heterocycles. The number of hydrogen-bond donors (Lipinski definition) is 0. The van der Waals surface area contributed by atoms with E-state index in [1.54, 1.807) is 0 Å². The molecule has 0 saturated carbocycles. The third-order valence-electron chi connectivity index (χ3n) is 2.25. The standard InChI is InChI=1S/C11H12BrN/c1-9-2-3-11-10(8-9)4-6-13(11)7-5-12/h2-4,6,8H,5,7H2,1H3. The van der Waals surface area contributed by atoms with Crippen LogP contribution in [0.2, 0.25) is 0 Å². The van der Waals surface area contributed by atoms with Gasteiger partial charge in [0.15, 0.2) is 0 Å². The van der Waals surface area contributed by atoms with Gasteiger partial charge in [-0.25, -0.2) is 0 Å². The summed E-state index contributed by atoms with van der Waals surface area (Å²) in [4.78, 5) is 0. The number of nitrogens with zero attached hydrogens (tertiary/aromatic N) is 1. The van der Waals surface area contributed by atoms with E-state index >= 15 is 0 Å². The van der Waals surface area contributed by atoms with Crippen LogP contribution in [0.15, 0.2) is 30.5 Å². The molecule has 68 valence electrons. The van der Waals surface area contributed by atoms with Gasteiger partial charge in [0.05, 0.1) is 0 Å². The minimum atomic E-state index is 1.00. The number of hydrogen-bond acceptors (Lipinski definition) is 0. The van der Waals surface area contributed by atoms with Gasteiger partial charge in [-0.05, 0) is 30.5 Å². The van der Waals surface area contributed by atoms with E-state index in [-0.39, 0.29) is 0 Å². The fourth-order valence-corrected chi connectivity index (χ4v) is 1.99. The van der Waals surface area contributed by atoms with Crippen molar-refractivity contribution in [2.45, 2.75) is 13.5 Å². The van der Waals surface area contributed by atoms with Gasteiger partial charge in [-0.15, -0.1) is 0 Å². The Morgan fingerprint density at radius 3 is 2.92 bits per heavy atom. The Hall–Kier alpha value is -0.760. The van der Waals surface area contributed by atoms with Crippen LogP contribution in [0.3, 0.4) is 0 Å². The number of rotatable bonds is 2. The molecule has 0 aliphatic rings. The molecule has 0 aliphatic heterocycles. The first kappa shape index (κ1) is 8.82. The van der Waals surface area contributed by atoms with Gasteiger partial charge in [-0.1, -0.05) is 27.6 Å². The first-order chi connectivity index (χ1) is 6.31. The van der Waals surface area contributed by atoms with Crippen molar-refractivity contribution in [1.82, 2.24) is 4.57 Å². The predicted octanol–water partition coefficient (Wildman–Crippen LogP) is 3.34. The minimum Gasteiger partial charge on any atom is -0.347 e. The second-order valence-corrected chi connectivity index (χ2v) is 4.05. The van der Waals surface area contributed by atoms with Crippen LogP contribution in [0, 0.1) is 6.92 Å². The first-order valence-corrected chi connectivity index (χ1v) is 5.55. The summed E-state index contributed by atoms with van der Waals surface area (Å²) in [6.45, 7) is 3.16. The van der Waals surface area contributed by atoms with Gasteiger partial charge in [0.1, 0.15) is 0 Å². The molecule has 0 N–H and O–H groups in total. The molecule has 0 saturated heterocycles. The van der Waals surface area contributed by atoms with E-state index in [9.17, 15) is 0 Å². The molecule has 0 amide bonds. The molecule has 0 radical (unpaired) electrons. The second kappa shape index (κ2) is 3.54. The molecule has 0 spiro atoms. The summed E-state index contributed by atoms with van der Waals surface area (Å²) in [5.74, 6) is 0. The zero-order valence-corrected chi connectivity index (χ0v) is 9.21. The summed E-state index contributed by atoms with van der Waals surface area (Å²) in [6, 6.07) is 8.74. The Bertz CT molecular complexity index is 417. The normalized spacial score (nSPS) is 10.9. The Kier molecular flexibility index (Phi) is 2.40. The van der Waals surface area contributed by atoms with Crippen molar-refractivity contribution in [1.29, 1.82) is 0 Å².